The molecule has 1 aromatic rings. The third-order valence-corrected chi connectivity index (χ3v) is 3.96. The largest absolute Gasteiger partial charge is 0.396 e. The summed E-state index contributed by atoms with van der Waals surface area (Å²) < 4.78 is 0. The molecule has 0 saturated carbocycles. The lowest BCUT2D eigenvalue weighted by atomic mass is 9.83. The highest BCUT2D eigenvalue weighted by atomic mass is 16.3. The second-order valence-corrected chi connectivity index (χ2v) is 5.06. The van der Waals surface area contributed by atoms with Crippen LogP contribution in [0.15, 0.2) is 0 Å². The van der Waals surface area contributed by atoms with Crippen molar-refractivity contribution in [3.8, 4) is 0 Å². The van der Waals surface area contributed by atoms with Crippen molar-refractivity contribution in [2.75, 3.05) is 30.8 Å². The van der Waals surface area contributed by atoms with E-state index in [1.807, 2.05) is 20.9 Å². The van der Waals surface area contributed by atoms with Gasteiger partial charge in [0.25, 0.3) is 0 Å². The van der Waals surface area contributed by atoms with Crippen molar-refractivity contribution in [3.63, 3.8) is 0 Å². The summed E-state index contributed by atoms with van der Waals surface area (Å²) in [6.07, 6.45) is 1.88. The molecule has 19 heavy (non-hydrogen) atoms. The van der Waals surface area contributed by atoms with Crippen molar-refractivity contribution in [1.82, 2.24) is 9.97 Å². The number of hydrogen-bond donors (Lipinski definition) is 3. The maximum atomic E-state index is 9.59. The second-order valence-electron chi connectivity index (χ2n) is 5.06. The molecule has 1 aromatic heterocycles. The van der Waals surface area contributed by atoms with Crippen LogP contribution in [0.2, 0.25) is 0 Å². The Hall–Kier alpha value is -1.36. The fourth-order valence-corrected chi connectivity index (χ4v) is 2.09. The number of anilines is 2. The third-order valence-electron chi connectivity index (χ3n) is 3.96. The van der Waals surface area contributed by atoms with E-state index in [-0.39, 0.29) is 12.0 Å². The topological polar surface area (TPSA) is 70.1 Å². The van der Waals surface area contributed by atoms with Crippen LogP contribution in [0.4, 0.5) is 11.6 Å². The van der Waals surface area contributed by atoms with E-state index in [1.54, 1.807) is 0 Å². The highest BCUT2D eigenvalue weighted by Gasteiger charge is 2.25. The predicted molar refractivity (Wildman–Crippen MR) is 79.6 cm³/mol. The third kappa shape index (κ3) is 3.56. The summed E-state index contributed by atoms with van der Waals surface area (Å²) in [5, 5.41) is 16.0. The first-order valence-electron chi connectivity index (χ1n) is 6.89. The molecule has 0 aromatic carbocycles. The minimum Gasteiger partial charge on any atom is -0.396 e. The van der Waals surface area contributed by atoms with E-state index < -0.39 is 0 Å². The molecule has 0 aliphatic heterocycles. The molecule has 1 rings (SSSR count). The average Bonchev–Trinajstić information content (AvgIpc) is 2.44. The molecule has 1 heterocycles. The zero-order valence-electron chi connectivity index (χ0n) is 12.7. The normalized spacial score (nSPS) is 11.5. The molecule has 0 amide bonds. The van der Waals surface area contributed by atoms with Gasteiger partial charge in [0, 0.05) is 24.6 Å². The van der Waals surface area contributed by atoms with Crippen molar-refractivity contribution in [3.05, 3.63) is 11.4 Å². The fraction of sp³-hybridized carbons (Fsp3) is 0.714. The van der Waals surface area contributed by atoms with Gasteiger partial charge in [-0.05, 0) is 26.7 Å². The van der Waals surface area contributed by atoms with E-state index in [0.717, 1.165) is 42.4 Å². The summed E-state index contributed by atoms with van der Waals surface area (Å²) in [5.41, 5.74) is 0.928. The van der Waals surface area contributed by atoms with Crippen LogP contribution in [0.25, 0.3) is 0 Å². The first-order chi connectivity index (χ1) is 9.01. The number of hydrogen-bond acceptors (Lipinski definition) is 5. The van der Waals surface area contributed by atoms with E-state index in [0.29, 0.717) is 0 Å². The Balaban J connectivity index is 2.91. The lowest BCUT2D eigenvalue weighted by molar-refractivity contribution is 0.127. The number of nitrogens with zero attached hydrogens (tertiary/aromatic N) is 2. The Morgan fingerprint density at radius 3 is 2.16 bits per heavy atom. The average molecular weight is 266 g/mol. The summed E-state index contributed by atoms with van der Waals surface area (Å²) in [6.45, 7) is 9.00. The summed E-state index contributed by atoms with van der Waals surface area (Å²) in [6, 6.07) is 0. The van der Waals surface area contributed by atoms with Crippen molar-refractivity contribution in [2.24, 2.45) is 5.41 Å². The van der Waals surface area contributed by atoms with Crippen molar-refractivity contribution in [1.29, 1.82) is 0 Å². The van der Waals surface area contributed by atoms with E-state index in [1.165, 1.54) is 0 Å². The molecule has 108 valence electrons. The molecule has 0 spiro atoms. The van der Waals surface area contributed by atoms with E-state index in [9.17, 15) is 5.11 Å². The number of rotatable bonds is 7. The molecule has 0 atom stereocenters. The van der Waals surface area contributed by atoms with E-state index in [2.05, 4.69) is 34.4 Å². The van der Waals surface area contributed by atoms with Gasteiger partial charge in [0.05, 0.1) is 6.61 Å². The van der Waals surface area contributed by atoms with Crippen LogP contribution in [0, 0.1) is 19.3 Å². The Morgan fingerprint density at radius 1 is 1.11 bits per heavy atom. The fourth-order valence-electron chi connectivity index (χ4n) is 2.09. The minimum absolute atomic E-state index is 0.0783. The van der Waals surface area contributed by atoms with Gasteiger partial charge in [-0.15, -0.1) is 0 Å². The van der Waals surface area contributed by atoms with Gasteiger partial charge in [0.2, 0.25) is 0 Å². The van der Waals surface area contributed by atoms with E-state index >= 15 is 0 Å². The SMILES string of the molecule is CCC(CC)(CO)CNc1nc(C)nc(NC)c1C. The minimum atomic E-state index is -0.0783. The van der Waals surface area contributed by atoms with Crippen molar-refractivity contribution in [2.45, 2.75) is 40.5 Å². The van der Waals surface area contributed by atoms with Gasteiger partial charge in [-0.25, -0.2) is 9.97 Å². The Kier molecular flexibility index (Phi) is 5.54. The molecule has 0 bridgehead atoms. The first-order valence-corrected chi connectivity index (χ1v) is 6.89. The molecule has 0 radical (unpaired) electrons. The molecule has 5 heteroatoms. The second kappa shape index (κ2) is 6.70. The van der Waals surface area contributed by atoms with Crippen molar-refractivity contribution < 1.29 is 5.11 Å². The lowest BCUT2D eigenvalue weighted by Gasteiger charge is -2.30. The first kappa shape index (κ1) is 15.7. The van der Waals surface area contributed by atoms with Gasteiger partial charge in [0.15, 0.2) is 0 Å². The molecule has 0 fully saturated rings. The molecule has 0 aliphatic carbocycles. The maximum Gasteiger partial charge on any atom is 0.134 e. The quantitative estimate of drug-likeness (QED) is 0.706. The predicted octanol–water partition coefficient (Wildman–Crippen LogP) is 2.35. The number of aliphatic hydroxyl groups excluding tert-OH is 1. The monoisotopic (exact) mass is 266 g/mol. The van der Waals surface area contributed by atoms with Crippen LogP contribution in [-0.2, 0) is 0 Å². The van der Waals surface area contributed by atoms with Gasteiger partial charge in [-0.2, -0.15) is 0 Å². The standard InChI is InChI=1S/C14H26N4O/c1-6-14(7-2,9-19)8-16-13-10(3)12(15-5)17-11(4)18-13/h19H,6-9H2,1-5H3,(H2,15,16,17,18). The van der Waals surface area contributed by atoms with Crippen LogP contribution in [0.3, 0.4) is 0 Å². The molecule has 0 unspecified atom stereocenters. The van der Waals surface area contributed by atoms with Gasteiger partial charge >= 0.3 is 0 Å². The Labute approximate surface area is 115 Å². The van der Waals surface area contributed by atoms with Crippen molar-refractivity contribution >= 4 is 11.6 Å². The number of aryl methyl sites for hydroxylation is 1. The number of nitrogens with one attached hydrogen (secondary N) is 2. The molecule has 0 aliphatic rings. The molecule has 0 saturated heterocycles. The van der Waals surface area contributed by atoms with Gasteiger partial charge < -0.3 is 15.7 Å². The zero-order valence-corrected chi connectivity index (χ0v) is 12.7. The summed E-state index contributed by atoms with van der Waals surface area (Å²) in [4.78, 5) is 8.79. The Bertz CT molecular complexity index is 408. The van der Waals surface area contributed by atoms with Gasteiger partial charge in [-0.3, -0.25) is 0 Å². The maximum absolute atomic E-state index is 9.59. The van der Waals surface area contributed by atoms with Crippen LogP contribution < -0.4 is 10.6 Å². The molecule has 5 nitrogen and oxygen atoms in total. The summed E-state index contributed by atoms with van der Waals surface area (Å²) in [7, 11) is 1.86. The Morgan fingerprint density at radius 2 is 1.68 bits per heavy atom. The van der Waals surface area contributed by atoms with Crippen LogP contribution in [-0.4, -0.2) is 35.3 Å². The molecular formula is C14H26N4O. The highest BCUT2D eigenvalue weighted by molar-refractivity contribution is 5.56. The van der Waals surface area contributed by atoms with Crippen LogP contribution in [0.1, 0.15) is 38.1 Å². The highest BCUT2D eigenvalue weighted by Crippen LogP contribution is 2.27. The summed E-state index contributed by atoms with van der Waals surface area (Å²) in [5.74, 6) is 2.43. The smallest absolute Gasteiger partial charge is 0.134 e. The number of aliphatic hydroxyl groups is 1. The van der Waals surface area contributed by atoms with Crippen LogP contribution >= 0.6 is 0 Å². The zero-order chi connectivity index (χ0) is 14.5. The molecule has 3 N–H and O–H groups in total. The molecular weight excluding hydrogens is 240 g/mol. The van der Waals surface area contributed by atoms with Gasteiger partial charge in [0.1, 0.15) is 17.5 Å². The lowest BCUT2D eigenvalue weighted by Crippen LogP contribution is -2.32. The number of aromatic nitrogens is 2. The van der Waals surface area contributed by atoms with Crippen LogP contribution in [0.5, 0.6) is 0 Å². The van der Waals surface area contributed by atoms with E-state index in [4.69, 9.17) is 0 Å². The summed E-state index contributed by atoms with van der Waals surface area (Å²) >= 11 is 0. The van der Waals surface area contributed by atoms with Gasteiger partial charge in [-0.1, -0.05) is 13.8 Å².